The zero-order chi connectivity index (χ0) is 23.3. The largest absolute Gasteiger partial charge is 0.353 e. The smallest absolute Gasteiger partial charge is 0.232 e. The number of hydrogen-bond acceptors (Lipinski definition) is 3. The lowest BCUT2D eigenvalue weighted by Gasteiger charge is -2.28. The second-order valence-electron chi connectivity index (χ2n) is 10.7. The average molecular weight is 462 g/mol. The number of nitrogens with one attached hydrogen (secondary N) is 3. The average Bonchev–Trinajstić information content (AvgIpc) is 2.83. The molecule has 0 radical (unpaired) electrons. The zero-order valence-electron chi connectivity index (χ0n) is 20.7. The molecule has 0 aromatic rings. The highest BCUT2D eigenvalue weighted by Gasteiger charge is 2.30. The number of hydrogen-bond donors (Lipinski definition) is 3. The lowest BCUT2D eigenvalue weighted by atomic mass is 9.92. The van der Waals surface area contributed by atoms with Crippen molar-refractivity contribution in [2.45, 2.75) is 147 Å². The van der Waals surface area contributed by atoms with Gasteiger partial charge in [-0.3, -0.25) is 14.4 Å². The molecule has 6 heteroatoms. The van der Waals surface area contributed by atoms with Gasteiger partial charge in [0.1, 0.15) is 5.92 Å². The van der Waals surface area contributed by atoms with Crippen LogP contribution in [0.2, 0.25) is 0 Å². The molecule has 3 saturated carbocycles. The monoisotopic (exact) mass is 461 g/mol. The van der Waals surface area contributed by atoms with Crippen molar-refractivity contribution in [1.82, 2.24) is 16.0 Å². The zero-order valence-corrected chi connectivity index (χ0v) is 20.7. The molecule has 33 heavy (non-hydrogen) atoms. The highest BCUT2D eigenvalue weighted by Crippen LogP contribution is 2.22. The van der Waals surface area contributed by atoms with E-state index in [1.807, 2.05) is 0 Å². The predicted octanol–water partition coefficient (Wildman–Crippen LogP) is 4.90. The number of rotatable bonds is 11. The number of unbranched alkanes of at least 4 members (excludes halogenated alkanes) is 2. The lowest BCUT2D eigenvalue weighted by molar-refractivity contribution is -0.136. The molecule has 0 saturated heterocycles. The molecule has 0 unspecified atom stereocenters. The molecule has 3 N–H and O–H groups in total. The molecule has 0 aromatic heterocycles. The first-order valence-electron chi connectivity index (χ1n) is 14.0. The summed E-state index contributed by atoms with van der Waals surface area (Å²) in [5.41, 5.74) is 0. The molecule has 0 heterocycles. The second kappa shape index (κ2) is 14.6. The Labute approximate surface area is 200 Å². The van der Waals surface area contributed by atoms with Crippen LogP contribution in [0.15, 0.2) is 0 Å². The second-order valence-corrected chi connectivity index (χ2v) is 10.7. The van der Waals surface area contributed by atoms with Crippen LogP contribution in [0.25, 0.3) is 0 Å². The van der Waals surface area contributed by atoms with Crippen LogP contribution in [0.5, 0.6) is 0 Å². The van der Waals surface area contributed by atoms with E-state index in [4.69, 9.17) is 0 Å². The lowest BCUT2D eigenvalue weighted by Crippen LogP contribution is -2.48. The Morgan fingerprint density at radius 1 is 0.545 bits per heavy atom. The molecule has 6 nitrogen and oxygen atoms in total. The van der Waals surface area contributed by atoms with Crippen molar-refractivity contribution in [3.63, 3.8) is 0 Å². The molecule has 0 spiro atoms. The van der Waals surface area contributed by atoms with Crippen LogP contribution in [0.1, 0.15) is 128 Å². The fraction of sp³-hybridized carbons (Fsp3) is 0.889. The van der Waals surface area contributed by atoms with E-state index in [2.05, 4.69) is 16.0 Å². The molecular formula is C27H47N3O3. The van der Waals surface area contributed by atoms with E-state index in [9.17, 15) is 14.4 Å². The first kappa shape index (κ1) is 26.0. The first-order chi connectivity index (χ1) is 16.1. The predicted molar refractivity (Wildman–Crippen MR) is 132 cm³/mol. The van der Waals surface area contributed by atoms with Gasteiger partial charge < -0.3 is 16.0 Å². The van der Waals surface area contributed by atoms with Crippen LogP contribution in [-0.2, 0) is 14.4 Å². The first-order valence-corrected chi connectivity index (χ1v) is 14.0. The van der Waals surface area contributed by atoms with Gasteiger partial charge in [0.25, 0.3) is 0 Å². The molecule has 0 aliphatic heterocycles. The van der Waals surface area contributed by atoms with Crippen LogP contribution in [0, 0.1) is 5.92 Å². The summed E-state index contributed by atoms with van der Waals surface area (Å²) in [6, 6.07) is 0.807. The Bertz CT molecular complexity index is 574. The maximum Gasteiger partial charge on any atom is 0.232 e. The number of amides is 3. The van der Waals surface area contributed by atoms with Gasteiger partial charge in [0.2, 0.25) is 17.7 Å². The van der Waals surface area contributed by atoms with Crippen LogP contribution < -0.4 is 16.0 Å². The van der Waals surface area contributed by atoms with E-state index in [0.29, 0.717) is 18.9 Å². The van der Waals surface area contributed by atoms with Gasteiger partial charge in [0, 0.05) is 24.5 Å². The fourth-order valence-electron chi connectivity index (χ4n) is 5.84. The Hall–Kier alpha value is -1.59. The summed E-state index contributed by atoms with van der Waals surface area (Å²) in [5, 5.41) is 9.53. The minimum Gasteiger partial charge on any atom is -0.353 e. The summed E-state index contributed by atoms with van der Waals surface area (Å²) in [6.45, 7) is 0. The van der Waals surface area contributed by atoms with Gasteiger partial charge in [-0.2, -0.15) is 0 Å². The van der Waals surface area contributed by atoms with Crippen molar-refractivity contribution in [2.75, 3.05) is 0 Å². The molecule has 3 fully saturated rings. The summed E-state index contributed by atoms with van der Waals surface area (Å²) >= 11 is 0. The molecule has 3 aliphatic carbocycles. The van der Waals surface area contributed by atoms with Gasteiger partial charge in [0.15, 0.2) is 0 Å². The summed E-state index contributed by atoms with van der Waals surface area (Å²) < 4.78 is 0. The number of carbonyl (C=O) groups is 3. The van der Waals surface area contributed by atoms with Crippen molar-refractivity contribution < 1.29 is 14.4 Å². The standard InChI is InChI=1S/C27H47N3O3/c31-25(28-21-13-5-1-6-14-21)20-12-4-11-19-24(26(32)29-22-15-7-2-8-16-22)27(33)30-23-17-9-3-10-18-23/h21-24H,1-20H2,(H,28,31)(H,29,32)(H,30,33). The van der Waals surface area contributed by atoms with E-state index < -0.39 is 5.92 Å². The maximum absolute atomic E-state index is 13.1. The van der Waals surface area contributed by atoms with Gasteiger partial charge in [0.05, 0.1) is 0 Å². The van der Waals surface area contributed by atoms with Crippen molar-refractivity contribution in [1.29, 1.82) is 0 Å². The van der Waals surface area contributed by atoms with E-state index in [0.717, 1.165) is 83.5 Å². The van der Waals surface area contributed by atoms with Gasteiger partial charge in [-0.05, 0) is 51.4 Å². The van der Waals surface area contributed by atoms with Crippen LogP contribution in [-0.4, -0.2) is 35.8 Å². The highest BCUT2D eigenvalue weighted by atomic mass is 16.2. The summed E-state index contributed by atoms with van der Waals surface area (Å²) in [4.78, 5) is 38.3. The topological polar surface area (TPSA) is 87.3 Å². The quantitative estimate of drug-likeness (QED) is 0.302. The SMILES string of the molecule is O=C(CCCCCC(C(=O)NC1CCCCC1)C(=O)NC1CCCCC1)NC1CCCCC1. The van der Waals surface area contributed by atoms with E-state index in [-0.39, 0.29) is 29.8 Å². The third-order valence-electron chi connectivity index (χ3n) is 7.90. The summed E-state index contributed by atoms with van der Waals surface area (Å²) in [6.07, 6.45) is 20.8. The van der Waals surface area contributed by atoms with E-state index >= 15 is 0 Å². The van der Waals surface area contributed by atoms with Crippen LogP contribution >= 0.6 is 0 Å². The van der Waals surface area contributed by atoms with Gasteiger partial charge in [-0.15, -0.1) is 0 Å². The van der Waals surface area contributed by atoms with E-state index in [1.165, 1.54) is 32.1 Å². The van der Waals surface area contributed by atoms with E-state index in [1.54, 1.807) is 0 Å². The molecular weight excluding hydrogens is 414 g/mol. The molecule has 3 rings (SSSR count). The number of carbonyl (C=O) groups excluding carboxylic acids is 3. The minimum atomic E-state index is -0.607. The molecule has 0 aromatic carbocycles. The Morgan fingerprint density at radius 2 is 0.970 bits per heavy atom. The molecule has 188 valence electrons. The third kappa shape index (κ3) is 9.66. The van der Waals surface area contributed by atoms with Gasteiger partial charge in [-0.25, -0.2) is 0 Å². The van der Waals surface area contributed by atoms with Crippen LogP contribution in [0.4, 0.5) is 0 Å². The maximum atomic E-state index is 13.1. The molecule has 3 aliphatic rings. The van der Waals surface area contributed by atoms with Gasteiger partial charge >= 0.3 is 0 Å². The van der Waals surface area contributed by atoms with Crippen molar-refractivity contribution in [3.05, 3.63) is 0 Å². The molecule has 0 atom stereocenters. The van der Waals surface area contributed by atoms with Crippen molar-refractivity contribution in [2.24, 2.45) is 5.92 Å². The third-order valence-corrected chi connectivity index (χ3v) is 7.90. The Kier molecular flexibility index (Phi) is 11.5. The highest BCUT2D eigenvalue weighted by molar-refractivity contribution is 6.00. The molecule has 0 bridgehead atoms. The van der Waals surface area contributed by atoms with Crippen LogP contribution in [0.3, 0.4) is 0 Å². The van der Waals surface area contributed by atoms with Gasteiger partial charge in [-0.1, -0.05) is 70.6 Å². The minimum absolute atomic E-state index is 0.0924. The summed E-state index contributed by atoms with van der Waals surface area (Å²) in [7, 11) is 0. The summed E-state index contributed by atoms with van der Waals surface area (Å²) in [5.74, 6) is -0.635. The fourth-order valence-corrected chi connectivity index (χ4v) is 5.84. The normalized spacial score (nSPS) is 21.0. The molecule has 3 amide bonds. The van der Waals surface area contributed by atoms with Crippen molar-refractivity contribution >= 4 is 17.7 Å². The Morgan fingerprint density at radius 3 is 1.42 bits per heavy atom. The Balaban J connectivity index is 1.41. The van der Waals surface area contributed by atoms with Crippen molar-refractivity contribution in [3.8, 4) is 0 Å².